The van der Waals surface area contributed by atoms with E-state index in [1.807, 2.05) is 21.1 Å². The van der Waals surface area contributed by atoms with E-state index in [0.29, 0.717) is 17.3 Å². The second-order valence-corrected chi connectivity index (χ2v) is 12.3. The lowest BCUT2D eigenvalue weighted by atomic mass is 10.0. The molecule has 0 aromatic carbocycles. The van der Waals surface area contributed by atoms with Crippen LogP contribution in [0.1, 0.15) is 142 Å². The Morgan fingerprint density at radius 3 is 1.46 bits per heavy atom. The van der Waals surface area contributed by atoms with Gasteiger partial charge >= 0.3 is 11.9 Å². The molecule has 232 valence electrons. The van der Waals surface area contributed by atoms with Crippen LogP contribution in [0, 0.1) is 0 Å². The summed E-state index contributed by atoms with van der Waals surface area (Å²) in [4.78, 5) is 23.2. The predicted octanol–water partition coefficient (Wildman–Crippen LogP) is 7.28. The molecule has 0 spiro atoms. The van der Waals surface area contributed by atoms with Crippen LogP contribution in [0.3, 0.4) is 0 Å². The molecule has 0 saturated heterocycles. The minimum absolute atomic E-state index is 0.0238. The van der Waals surface area contributed by atoms with Gasteiger partial charge in [0, 0.05) is 12.8 Å². The second-order valence-electron chi connectivity index (χ2n) is 12.3. The number of carbonyl (C=O) groups excluding carboxylic acids is 1. The standard InChI is InChI=1S/C32H63NO6/c1-5-6-7-8-9-10-11-12-13-14-15-16-17-18-19-20-21-22-23-24-31(35)39-28-29(34)27-38-26-25-30(32(36)37)33(2,3)4/h29-30,34H,5-28H2,1-4H3/p+1. The van der Waals surface area contributed by atoms with Crippen LogP contribution in [0.5, 0.6) is 0 Å². The Kier molecular flexibility index (Phi) is 25.0. The van der Waals surface area contributed by atoms with Crippen molar-refractivity contribution in [3.05, 3.63) is 0 Å². The van der Waals surface area contributed by atoms with E-state index < -0.39 is 18.1 Å². The number of aliphatic hydroxyl groups is 1. The summed E-state index contributed by atoms with van der Waals surface area (Å²) < 4.78 is 10.8. The van der Waals surface area contributed by atoms with Crippen LogP contribution in [0.4, 0.5) is 0 Å². The summed E-state index contributed by atoms with van der Waals surface area (Å²) in [6.45, 7) is 2.45. The average Bonchev–Trinajstić information content (AvgIpc) is 2.87. The number of unbranched alkanes of at least 4 members (excludes halogenated alkanes) is 18. The number of carboxylic acid groups (broad SMARTS) is 1. The normalized spacial score (nSPS) is 13.4. The lowest BCUT2D eigenvalue weighted by molar-refractivity contribution is -0.887. The minimum Gasteiger partial charge on any atom is -0.477 e. The van der Waals surface area contributed by atoms with E-state index in [1.54, 1.807) is 0 Å². The van der Waals surface area contributed by atoms with E-state index in [4.69, 9.17) is 9.47 Å². The largest absolute Gasteiger partial charge is 0.477 e. The zero-order valence-electron chi connectivity index (χ0n) is 26.1. The number of hydrogen-bond acceptors (Lipinski definition) is 5. The maximum Gasteiger partial charge on any atom is 0.362 e. The number of nitrogens with zero attached hydrogens (tertiary/aromatic N) is 1. The third-order valence-corrected chi connectivity index (χ3v) is 7.49. The molecular formula is C32H64NO6+. The highest BCUT2D eigenvalue weighted by molar-refractivity contribution is 5.72. The van der Waals surface area contributed by atoms with E-state index in [-0.39, 0.29) is 25.8 Å². The Labute approximate surface area is 240 Å². The molecule has 0 amide bonds. The molecule has 0 bridgehead atoms. The van der Waals surface area contributed by atoms with E-state index in [0.717, 1.165) is 19.3 Å². The number of ether oxygens (including phenoxy) is 2. The number of carbonyl (C=O) groups is 2. The molecule has 0 aromatic rings. The summed E-state index contributed by atoms with van der Waals surface area (Å²) in [6, 6.07) is -0.570. The van der Waals surface area contributed by atoms with Crippen LogP contribution >= 0.6 is 0 Å². The van der Waals surface area contributed by atoms with Gasteiger partial charge in [-0.3, -0.25) is 4.79 Å². The Hall–Kier alpha value is -1.18. The van der Waals surface area contributed by atoms with E-state index in [1.165, 1.54) is 103 Å². The van der Waals surface area contributed by atoms with Gasteiger partial charge in [0.2, 0.25) is 0 Å². The molecule has 0 saturated carbocycles. The van der Waals surface area contributed by atoms with Gasteiger partial charge in [-0.15, -0.1) is 0 Å². The summed E-state index contributed by atoms with van der Waals surface area (Å²) in [5.74, 6) is -1.15. The van der Waals surface area contributed by atoms with Gasteiger partial charge in [0.1, 0.15) is 12.7 Å². The van der Waals surface area contributed by atoms with Gasteiger partial charge < -0.3 is 24.2 Å². The molecule has 0 rings (SSSR count). The van der Waals surface area contributed by atoms with Crippen molar-refractivity contribution in [3.8, 4) is 0 Å². The van der Waals surface area contributed by atoms with Gasteiger partial charge in [-0.2, -0.15) is 0 Å². The quantitative estimate of drug-likeness (QED) is 0.0569. The molecular weight excluding hydrogens is 494 g/mol. The average molecular weight is 559 g/mol. The van der Waals surface area contributed by atoms with Crippen LogP contribution in [-0.4, -0.2) is 79.7 Å². The van der Waals surface area contributed by atoms with Crippen molar-refractivity contribution < 1.29 is 33.8 Å². The lowest BCUT2D eigenvalue weighted by Crippen LogP contribution is -2.50. The van der Waals surface area contributed by atoms with Gasteiger partial charge in [0.05, 0.1) is 34.4 Å². The fourth-order valence-electron chi connectivity index (χ4n) is 4.91. The monoisotopic (exact) mass is 558 g/mol. The van der Waals surface area contributed by atoms with Crippen molar-refractivity contribution in [3.63, 3.8) is 0 Å². The molecule has 0 heterocycles. The smallest absolute Gasteiger partial charge is 0.362 e. The first-order valence-corrected chi connectivity index (χ1v) is 16.1. The molecule has 39 heavy (non-hydrogen) atoms. The number of carboxylic acids is 1. The van der Waals surface area contributed by atoms with Crippen molar-refractivity contribution in [1.82, 2.24) is 0 Å². The first-order valence-electron chi connectivity index (χ1n) is 16.1. The Balaban J connectivity index is 3.43. The summed E-state index contributed by atoms with van der Waals surface area (Å²) in [6.07, 6.45) is 25.0. The lowest BCUT2D eigenvalue weighted by Gasteiger charge is -2.31. The van der Waals surface area contributed by atoms with Crippen LogP contribution in [0.15, 0.2) is 0 Å². The van der Waals surface area contributed by atoms with Crippen molar-refractivity contribution in [2.24, 2.45) is 0 Å². The molecule has 0 aliphatic carbocycles. The summed E-state index contributed by atoms with van der Waals surface area (Å²) >= 11 is 0. The number of rotatable bonds is 29. The van der Waals surface area contributed by atoms with Crippen LogP contribution < -0.4 is 0 Å². The van der Waals surface area contributed by atoms with Gasteiger partial charge in [0.15, 0.2) is 6.04 Å². The fourth-order valence-corrected chi connectivity index (χ4v) is 4.91. The van der Waals surface area contributed by atoms with E-state index in [2.05, 4.69) is 6.92 Å². The predicted molar refractivity (Wildman–Crippen MR) is 160 cm³/mol. The van der Waals surface area contributed by atoms with Gasteiger partial charge in [-0.25, -0.2) is 4.79 Å². The van der Waals surface area contributed by atoms with Crippen LogP contribution in [0.25, 0.3) is 0 Å². The van der Waals surface area contributed by atoms with Crippen molar-refractivity contribution in [2.75, 3.05) is 41.0 Å². The molecule has 0 radical (unpaired) electrons. The van der Waals surface area contributed by atoms with Gasteiger partial charge in [-0.1, -0.05) is 122 Å². The fraction of sp³-hybridized carbons (Fsp3) is 0.938. The molecule has 0 aliphatic heterocycles. The Bertz CT molecular complexity index is 577. The number of likely N-dealkylation sites (N-methyl/N-ethyl adjacent to an activating group) is 1. The van der Waals surface area contributed by atoms with Crippen LogP contribution in [-0.2, 0) is 19.1 Å². The van der Waals surface area contributed by atoms with Gasteiger partial charge in [-0.05, 0) is 6.42 Å². The first-order chi connectivity index (χ1) is 18.7. The first kappa shape index (κ1) is 37.8. The third kappa shape index (κ3) is 25.5. The number of quaternary nitrogens is 1. The zero-order valence-corrected chi connectivity index (χ0v) is 26.1. The molecule has 2 atom stereocenters. The summed E-state index contributed by atoms with van der Waals surface area (Å²) in [5.41, 5.74) is 0. The van der Waals surface area contributed by atoms with Gasteiger partial charge in [0.25, 0.3) is 0 Å². The van der Waals surface area contributed by atoms with Crippen LogP contribution in [0.2, 0.25) is 0 Å². The number of hydrogen-bond donors (Lipinski definition) is 2. The summed E-state index contributed by atoms with van der Waals surface area (Å²) in [7, 11) is 5.48. The van der Waals surface area contributed by atoms with Crippen molar-refractivity contribution >= 4 is 11.9 Å². The molecule has 2 unspecified atom stereocenters. The molecule has 0 aromatic heterocycles. The molecule has 0 fully saturated rings. The Morgan fingerprint density at radius 1 is 0.667 bits per heavy atom. The highest BCUT2D eigenvalue weighted by Gasteiger charge is 2.30. The zero-order chi connectivity index (χ0) is 29.2. The SMILES string of the molecule is CCCCCCCCCCCCCCCCCCCCCC(=O)OCC(O)COCCC(C(=O)O)[N+](C)(C)C. The minimum atomic E-state index is -0.897. The molecule has 7 nitrogen and oxygen atoms in total. The van der Waals surface area contributed by atoms with Crippen molar-refractivity contribution in [2.45, 2.75) is 154 Å². The molecule has 2 N–H and O–H groups in total. The maximum atomic E-state index is 11.9. The van der Waals surface area contributed by atoms with E-state index in [9.17, 15) is 19.8 Å². The number of aliphatic hydroxyl groups excluding tert-OH is 1. The van der Waals surface area contributed by atoms with E-state index >= 15 is 0 Å². The third-order valence-electron chi connectivity index (χ3n) is 7.49. The Morgan fingerprint density at radius 2 is 1.08 bits per heavy atom. The number of esters is 1. The molecule has 0 aliphatic rings. The molecule has 7 heteroatoms. The second kappa shape index (κ2) is 25.8. The van der Waals surface area contributed by atoms with Crippen molar-refractivity contribution in [1.29, 1.82) is 0 Å². The topological polar surface area (TPSA) is 93.1 Å². The maximum absolute atomic E-state index is 11.9. The summed E-state index contributed by atoms with van der Waals surface area (Å²) in [5, 5.41) is 19.3. The number of aliphatic carboxylic acids is 1. The highest BCUT2D eigenvalue weighted by atomic mass is 16.5. The highest BCUT2D eigenvalue weighted by Crippen LogP contribution is 2.15.